The largest absolute Gasteiger partial charge is 0.355 e. The lowest BCUT2D eigenvalue weighted by Gasteiger charge is -2.29. The minimum atomic E-state index is -0.522. The van der Waals surface area contributed by atoms with Gasteiger partial charge in [-0.1, -0.05) is 72.3 Å². The van der Waals surface area contributed by atoms with Gasteiger partial charge in [-0.25, -0.2) is 0 Å². The highest BCUT2D eigenvalue weighted by molar-refractivity contribution is 5.88. The van der Waals surface area contributed by atoms with E-state index in [1.807, 2.05) is 56.3 Å². The van der Waals surface area contributed by atoms with E-state index in [0.29, 0.717) is 25.9 Å². The maximum absolute atomic E-state index is 13.2. The molecule has 1 N–H and O–H groups in total. The van der Waals surface area contributed by atoms with Crippen LogP contribution in [0.5, 0.6) is 0 Å². The summed E-state index contributed by atoms with van der Waals surface area (Å²) in [5, 5.41) is 5.19. The molecule has 0 saturated heterocycles. The molecule has 0 radical (unpaired) electrons. The Bertz CT molecular complexity index is 1010. The second-order valence-electron chi connectivity index (χ2n) is 7.72. The van der Waals surface area contributed by atoms with Gasteiger partial charge in [0.1, 0.15) is 6.04 Å². The van der Waals surface area contributed by atoms with Crippen LogP contribution in [0, 0.1) is 6.92 Å². The van der Waals surface area contributed by atoms with Crippen LogP contribution in [0.3, 0.4) is 0 Å². The average molecular weight is 403 g/mol. The molecule has 156 valence electrons. The smallest absolute Gasteiger partial charge is 0.242 e. The van der Waals surface area contributed by atoms with Gasteiger partial charge in [0.05, 0.1) is 0 Å². The first-order valence-electron chi connectivity index (χ1n) is 10.6. The number of rotatable bonds is 8. The normalized spacial score (nSPS) is 11.8. The van der Waals surface area contributed by atoms with E-state index in [-0.39, 0.29) is 11.8 Å². The van der Waals surface area contributed by atoms with Crippen molar-refractivity contribution in [3.05, 3.63) is 83.4 Å². The van der Waals surface area contributed by atoms with Gasteiger partial charge in [-0.2, -0.15) is 0 Å². The molecule has 3 aromatic carbocycles. The van der Waals surface area contributed by atoms with Crippen LogP contribution in [0.4, 0.5) is 0 Å². The van der Waals surface area contributed by atoms with Crippen LogP contribution in [-0.4, -0.2) is 29.3 Å². The number of aryl methyl sites for hydroxylation is 2. The maximum atomic E-state index is 13.2. The van der Waals surface area contributed by atoms with Gasteiger partial charge in [0.25, 0.3) is 0 Å². The fourth-order valence-electron chi connectivity index (χ4n) is 3.69. The van der Waals surface area contributed by atoms with Crippen LogP contribution in [0.25, 0.3) is 10.8 Å². The second-order valence-corrected chi connectivity index (χ2v) is 7.72. The van der Waals surface area contributed by atoms with Crippen LogP contribution in [0.2, 0.25) is 0 Å². The molecule has 1 atom stereocenters. The number of carbonyl (C=O) groups excluding carboxylic acids is 2. The predicted molar refractivity (Wildman–Crippen MR) is 122 cm³/mol. The third-order valence-electron chi connectivity index (χ3n) is 5.48. The quantitative estimate of drug-likeness (QED) is 0.597. The number of fused-ring (bicyclic) bond motifs is 1. The first-order valence-corrected chi connectivity index (χ1v) is 10.6. The molecule has 30 heavy (non-hydrogen) atoms. The Morgan fingerprint density at radius 3 is 2.40 bits per heavy atom. The van der Waals surface area contributed by atoms with E-state index in [0.717, 1.165) is 11.1 Å². The Kier molecular flexibility index (Phi) is 7.23. The molecule has 0 saturated carbocycles. The molecule has 0 aliphatic carbocycles. The molecule has 2 amide bonds. The highest BCUT2D eigenvalue weighted by Gasteiger charge is 2.25. The molecule has 0 aliphatic rings. The van der Waals surface area contributed by atoms with E-state index in [9.17, 15) is 9.59 Å². The van der Waals surface area contributed by atoms with Crippen LogP contribution in [-0.2, 0) is 22.6 Å². The van der Waals surface area contributed by atoms with Crippen molar-refractivity contribution in [2.45, 2.75) is 46.2 Å². The molecular weight excluding hydrogens is 372 g/mol. The first-order chi connectivity index (χ1) is 14.5. The van der Waals surface area contributed by atoms with Crippen molar-refractivity contribution in [2.24, 2.45) is 0 Å². The monoisotopic (exact) mass is 402 g/mol. The van der Waals surface area contributed by atoms with Crippen LogP contribution < -0.4 is 5.32 Å². The lowest BCUT2D eigenvalue weighted by molar-refractivity contribution is -0.140. The summed E-state index contributed by atoms with van der Waals surface area (Å²) in [7, 11) is 0. The van der Waals surface area contributed by atoms with Gasteiger partial charge in [-0.3, -0.25) is 9.59 Å². The highest BCUT2D eigenvalue weighted by atomic mass is 16.2. The zero-order valence-corrected chi connectivity index (χ0v) is 18.0. The summed E-state index contributed by atoms with van der Waals surface area (Å²) in [6.07, 6.45) is 1.01. The minimum absolute atomic E-state index is 0.0118. The molecule has 3 aromatic rings. The molecule has 0 aliphatic heterocycles. The number of carbonyl (C=O) groups is 2. The van der Waals surface area contributed by atoms with Gasteiger partial charge in [0.2, 0.25) is 11.8 Å². The van der Waals surface area contributed by atoms with E-state index in [1.165, 1.54) is 16.3 Å². The van der Waals surface area contributed by atoms with Gasteiger partial charge in [0, 0.05) is 19.5 Å². The van der Waals surface area contributed by atoms with Crippen molar-refractivity contribution in [3.63, 3.8) is 0 Å². The molecular formula is C26H30N2O2. The Morgan fingerprint density at radius 2 is 1.67 bits per heavy atom. The molecule has 0 bridgehead atoms. The minimum Gasteiger partial charge on any atom is -0.355 e. The Labute approximate surface area is 178 Å². The van der Waals surface area contributed by atoms with E-state index in [4.69, 9.17) is 0 Å². The van der Waals surface area contributed by atoms with Crippen molar-refractivity contribution < 1.29 is 9.59 Å². The number of hydrogen-bond donors (Lipinski definition) is 1. The first kappa shape index (κ1) is 21.6. The zero-order chi connectivity index (χ0) is 21.5. The Balaban J connectivity index is 1.78. The molecule has 0 heterocycles. The van der Waals surface area contributed by atoms with Crippen molar-refractivity contribution in [2.75, 3.05) is 6.54 Å². The standard InChI is InChI=1S/C26H30N2O2/c1-4-27-26(30)20(3)28(18-21-14-12-19(2)13-15-21)25(29)17-16-23-10-7-9-22-8-5-6-11-24(22)23/h5-15,20H,4,16-18H2,1-3H3,(H,27,30)/t20-/m0/s1. The average Bonchev–Trinajstić information content (AvgIpc) is 2.76. The van der Waals surface area contributed by atoms with Crippen LogP contribution in [0.1, 0.15) is 37.0 Å². The number of amides is 2. The fourth-order valence-corrected chi connectivity index (χ4v) is 3.69. The van der Waals surface area contributed by atoms with Crippen LogP contribution in [0.15, 0.2) is 66.7 Å². The zero-order valence-electron chi connectivity index (χ0n) is 18.0. The number of hydrogen-bond acceptors (Lipinski definition) is 2. The van der Waals surface area contributed by atoms with Crippen molar-refractivity contribution in [3.8, 4) is 0 Å². The van der Waals surface area contributed by atoms with E-state index < -0.39 is 6.04 Å². The summed E-state index contributed by atoms with van der Waals surface area (Å²) in [4.78, 5) is 27.4. The number of likely N-dealkylation sites (N-methyl/N-ethyl adjacent to an activating group) is 1. The molecule has 3 rings (SSSR count). The third kappa shape index (κ3) is 5.26. The van der Waals surface area contributed by atoms with Gasteiger partial charge in [0.15, 0.2) is 0 Å². The summed E-state index contributed by atoms with van der Waals surface area (Å²) in [5.41, 5.74) is 3.35. The maximum Gasteiger partial charge on any atom is 0.242 e. The van der Waals surface area contributed by atoms with Gasteiger partial charge < -0.3 is 10.2 Å². The highest BCUT2D eigenvalue weighted by Crippen LogP contribution is 2.21. The number of benzene rings is 3. The summed E-state index contributed by atoms with van der Waals surface area (Å²) >= 11 is 0. The second kappa shape index (κ2) is 10.1. The van der Waals surface area contributed by atoms with Crippen LogP contribution >= 0.6 is 0 Å². The molecule has 4 heteroatoms. The third-order valence-corrected chi connectivity index (χ3v) is 5.48. The molecule has 0 fully saturated rings. The molecule has 0 spiro atoms. The molecule has 0 unspecified atom stereocenters. The van der Waals surface area contributed by atoms with Crippen molar-refractivity contribution in [1.29, 1.82) is 0 Å². The summed E-state index contributed by atoms with van der Waals surface area (Å²) in [5.74, 6) is -0.134. The lowest BCUT2D eigenvalue weighted by Crippen LogP contribution is -2.47. The fraction of sp³-hybridized carbons (Fsp3) is 0.308. The number of nitrogens with one attached hydrogen (secondary N) is 1. The van der Waals surface area contributed by atoms with Gasteiger partial charge in [-0.05, 0) is 49.1 Å². The van der Waals surface area contributed by atoms with E-state index in [2.05, 4.69) is 29.6 Å². The van der Waals surface area contributed by atoms with Crippen molar-refractivity contribution >= 4 is 22.6 Å². The lowest BCUT2D eigenvalue weighted by atomic mass is 10.0. The Hall–Kier alpha value is -3.14. The topological polar surface area (TPSA) is 49.4 Å². The predicted octanol–water partition coefficient (Wildman–Crippen LogP) is 4.63. The van der Waals surface area contributed by atoms with Gasteiger partial charge in [-0.15, -0.1) is 0 Å². The van der Waals surface area contributed by atoms with E-state index in [1.54, 1.807) is 11.8 Å². The number of nitrogens with zero attached hydrogens (tertiary/aromatic N) is 1. The SMILES string of the molecule is CCNC(=O)[C@H](C)N(Cc1ccc(C)cc1)C(=O)CCc1cccc2ccccc12. The summed E-state index contributed by atoms with van der Waals surface area (Å²) in [6.45, 7) is 6.69. The Morgan fingerprint density at radius 1 is 0.967 bits per heavy atom. The van der Waals surface area contributed by atoms with Crippen molar-refractivity contribution in [1.82, 2.24) is 10.2 Å². The molecule has 4 nitrogen and oxygen atoms in total. The van der Waals surface area contributed by atoms with Gasteiger partial charge >= 0.3 is 0 Å². The summed E-state index contributed by atoms with van der Waals surface area (Å²) < 4.78 is 0. The van der Waals surface area contributed by atoms with E-state index >= 15 is 0 Å². The molecule has 0 aromatic heterocycles. The summed E-state index contributed by atoms with van der Waals surface area (Å²) in [6, 6.07) is 22.0.